The number of carbonyl (C=O) groups is 1. The molecule has 0 spiro atoms. The molecule has 1 aromatic rings. The van der Waals surface area contributed by atoms with Crippen LogP contribution in [-0.2, 0) is 18.3 Å². The highest BCUT2D eigenvalue weighted by Crippen LogP contribution is 2.21. The van der Waals surface area contributed by atoms with Crippen LogP contribution < -0.4 is 5.32 Å². The predicted octanol–water partition coefficient (Wildman–Crippen LogP) is 2.60. The molecule has 0 bridgehead atoms. The van der Waals surface area contributed by atoms with Gasteiger partial charge in [0.15, 0.2) is 0 Å². The van der Waals surface area contributed by atoms with E-state index in [9.17, 15) is 4.79 Å². The zero-order chi connectivity index (χ0) is 17.9. The monoisotopic (exact) mass is 334 g/mol. The molecule has 0 aliphatic carbocycles. The van der Waals surface area contributed by atoms with Crippen molar-refractivity contribution in [2.45, 2.75) is 65.8 Å². The molecule has 1 N–H and O–H groups in total. The quantitative estimate of drug-likeness (QED) is 0.870. The van der Waals surface area contributed by atoms with Gasteiger partial charge in [-0.1, -0.05) is 13.3 Å². The average Bonchev–Trinajstić information content (AvgIpc) is 2.79. The summed E-state index contributed by atoms with van der Waals surface area (Å²) < 4.78 is 1.90. The molecule has 1 aliphatic heterocycles. The molecule has 24 heavy (non-hydrogen) atoms. The van der Waals surface area contributed by atoms with E-state index >= 15 is 0 Å². The van der Waals surface area contributed by atoms with Gasteiger partial charge in [0.1, 0.15) is 0 Å². The van der Waals surface area contributed by atoms with E-state index in [0.29, 0.717) is 6.54 Å². The highest BCUT2D eigenvalue weighted by molar-refractivity contribution is 5.78. The summed E-state index contributed by atoms with van der Waals surface area (Å²) in [6, 6.07) is 0. The second-order valence-corrected chi connectivity index (χ2v) is 7.96. The molecule has 0 saturated carbocycles. The minimum atomic E-state index is -0.0382. The summed E-state index contributed by atoms with van der Waals surface area (Å²) >= 11 is 0. The molecule has 5 nitrogen and oxygen atoms in total. The maximum Gasteiger partial charge on any atom is 0.223 e. The molecule has 5 heteroatoms. The van der Waals surface area contributed by atoms with E-state index in [0.717, 1.165) is 30.9 Å². The Morgan fingerprint density at radius 1 is 1.25 bits per heavy atom. The molecule has 0 aromatic carbocycles. The molecule has 0 radical (unpaired) electrons. The van der Waals surface area contributed by atoms with Gasteiger partial charge in [-0.3, -0.25) is 14.4 Å². The number of hydrogen-bond donors (Lipinski definition) is 1. The van der Waals surface area contributed by atoms with Gasteiger partial charge in [0.25, 0.3) is 0 Å². The van der Waals surface area contributed by atoms with E-state index < -0.39 is 0 Å². The summed E-state index contributed by atoms with van der Waals surface area (Å²) in [5.41, 5.74) is 3.41. The second-order valence-electron chi connectivity index (χ2n) is 7.96. The first-order valence-corrected chi connectivity index (χ1v) is 9.24. The smallest absolute Gasteiger partial charge is 0.223 e. The lowest BCUT2D eigenvalue weighted by molar-refractivity contribution is -0.125. The third-order valence-electron chi connectivity index (χ3n) is 5.52. The second kappa shape index (κ2) is 7.68. The maximum absolute atomic E-state index is 12.5. The molecule has 1 saturated heterocycles. The Kier molecular flexibility index (Phi) is 6.07. The number of hydrogen-bond acceptors (Lipinski definition) is 3. The van der Waals surface area contributed by atoms with Crippen molar-refractivity contribution >= 4 is 5.91 Å². The largest absolute Gasteiger partial charge is 0.354 e. The number of nitrogens with one attached hydrogen (secondary N) is 1. The summed E-state index contributed by atoms with van der Waals surface area (Å²) in [6.07, 6.45) is 4.63. The lowest BCUT2D eigenvalue weighted by Crippen LogP contribution is -2.53. The number of carbonyl (C=O) groups excluding carboxylic acids is 1. The maximum atomic E-state index is 12.5. The molecular weight excluding hydrogens is 300 g/mol. The number of piperidine rings is 1. The Labute approximate surface area is 146 Å². The molecule has 1 atom stereocenters. The van der Waals surface area contributed by atoms with Crippen molar-refractivity contribution in [1.82, 2.24) is 20.0 Å². The highest BCUT2D eigenvalue weighted by Gasteiger charge is 2.29. The first-order valence-electron chi connectivity index (χ1n) is 9.24. The molecule has 0 unspecified atom stereocenters. The van der Waals surface area contributed by atoms with Gasteiger partial charge in [-0.15, -0.1) is 0 Å². The fraction of sp³-hybridized carbons (Fsp3) is 0.789. The van der Waals surface area contributed by atoms with Crippen molar-refractivity contribution < 1.29 is 4.79 Å². The normalized spacial score (nSPS) is 17.8. The average molecular weight is 335 g/mol. The van der Waals surface area contributed by atoms with Crippen LogP contribution in [0.2, 0.25) is 0 Å². The number of aromatic nitrogens is 2. The van der Waals surface area contributed by atoms with Gasteiger partial charge in [-0.25, -0.2) is 0 Å². The topological polar surface area (TPSA) is 50.2 Å². The summed E-state index contributed by atoms with van der Waals surface area (Å²) in [5.74, 6) is 0.103. The van der Waals surface area contributed by atoms with Crippen molar-refractivity contribution in [3.63, 3.8) is 0 Å². The molecular formula is C19H34N4O. The minimum Gasteiger partial charge on any atom is -0.354 e. The molecule has 1 amide bonds. The predicted molar refractivity (Wildman–Crippen MR) is 98.1 cm³/mol. The molecule has 136 valence electrons. The zero-order valence-corrected chi connectivity index (χ0v) is 16.3. The Morgan fingerprint density at radius 3 is 2.42 bits per heavy atom. The summed E-state index contributed by atoms with van der Waals surface area (Å²) in [5, 5.41) is 7.63. The number of nitrogens with zero attached hydrogens (tertiary/aromatic N) is 3. The van der Waals surface area contributed by atoms with Crippen LogP contribution in [0.4, 0.5) is 0 Å². The fourth-order valence-electron chi connectivity index (χ4n) is 3.60. The Morgan fingerprint density at radius 2 is 1.88 bits per heavy atom. The summed E-state index contributed by atoms with van der Waals surface area (Å²) in [4.78, 5) is 15.1. The van der Waals surface area contributed by atoms with E-state index in [1.54, 1.807) is 0 Å². The van der Waals surface area contributed by atoms with Gasteiger partial charge >= 0.3 is 0 Å². The third-order valence-corrected chi connectivity index (χ3v) is 5.52. The van der Waals surface area contributed by atoms with E-state index in [1.165, 1.54) is 24.8 Å². The van der Waals surface area contributed by atoms with E-state index in [2.05, 4.69) is 36.1 Å². The first-order chi connectivity index (χ1) is 11.2. The van der Waals surface area contributed by atoms with Crippen molar-refractivity contribution in [1.29, 1.82) is 0 Å². The number of aryl methyl sites for hydroxylation is 2. The van der Waals surface area contributed by atoms with Crippen molar-refractivity contribution in [3.8, 4) is 0 Å². The standard InChI is InChI=1S/C19H34N4O/c1-14(12-17-15(2)21-22(6)16(17)3)18(24)20-13-19(4,5)23-10-8-7-9-11-23/h14H,7-13H2,1-6H3,(H,20,24)/t14-/m1/s1. The van der Waals surface area contributed by atoms with Crippen LogP contribution in [0.3, 0.4) is 0 Å². The Bertz CT molecular complexity index is 570. The highest BCUT2D eigenvalue weighted by atomic mass is 16.1. The lowest BCUT2D eigenvalue weighted by Gasteiger charge is -2.41. The van der Waals surface area contributed by atoms with Gasteiger partial charge in [-0.05, 0) is 65.6 Å². The van der Waals surface area contributed by atoms with Crippen LogP contribution >= 0.6 is 0 Å². The van der Waals surface area contributed by atoms with Gasteiger partial charge in [0, 0.05) is 30.7 Å². The molecule has 2 rings (SSSR count). The summed E-state index contributed by atoms with van der Waals surface area (Å²) in [7, 11) is 1.96. The van der Waals surface area contributed by atoms with Crippen molar-refractivity contribution in [2.75, 3.05) is 19.6 Å². The molecule has 1 aliphatic rings. The summed E-state index contributed by atoms with van der Waals surface area (Å²) in [6.45, 7) is 13.6. The van der Waals surface area contributed by atoms with Gasteiger partial charge in [-0.2, -0.15) is 5.10 Å². The van der Waals surface area contributed by atoms with Crippen molar-refractivity contribution in [2.24, 2.45) is 13.0 Å². The molecule has 1 aromatic heterocycles. The van der Waals surface area contributed by atoms with Gasteiger partial charge in [0.2, 0.25) is 5.91 Å². The Balaban J connectivity index is 1.89. The van der Waals surface area contributed by atoms with Crippen LogP contribution in [0, 0.1) is 19.8 Å². The third kappa shape index (κ3) is 4.38. The Hall–Kier alpha value is -1.36. The van der Waals surface area contributed by atoms with Crippen LogP contribution in [0.1, 0.15) is 57.0 Å². The van der Waals surface area contributed by atoms with E-state index in [4.69, 9.17) is 0 Å². The lowest BCUT2D eigenvalue weighted by atomic mass is 9.96. The zero-order valence-electron chi connectivity index (χ0n) is 16.3. The minimum absolute atomic E-state index is 0.0237. The molecule has 1 fully saturated rings. The van der Waals surface area contributed by atoms with Gasteiger partial charge < -0.3 is 5.32 Å². The van der Waals surface area contributed by atoms with Crippen LogP contribution in [0.5, 0.6) is 0 Å². The van der Waals surface area contributed by atoms with Crippen molar-refractivity contribution in [3.05, 3.63) is 17.0 Å². The van der Waals surface area contributed by atoms with Crippen LogP contribution in [0.25, 0.3) is 0 Å². The number of amides is 1. The number of likely N-dealkylation sites (tertiary alicyclic amines) is 1. The van der Waals surface area contributed by atoms with E-state index in [1.807, 2.05) is 25.6 Å². The molecule has 2 heterocycles. The SMILES string of the molecule is Cc1nn(C)c(C)c1C[C@@H](C)C(=O)NCC(C)(C)N1CCCCC1. The van der Waals surface area contributed by atoms with E-state index in [-0.39, 0.29) is 17.4 Å². The first kappa shape index (κ1) is 19.0. The number of rotatable bonds is 6. The van der Waals surface area contributed by atoms with Gasteiger partial charge in [0.05, 0.1) is 5.69 Å². The fourth-order valence-corrected chi connectivity index (χ4v) is 3.60. The van der Waals surface area contributed by atoms with Crippen LogP contribution in [-0.4, -0.2) is 45.8 Å². The van der Waals surface area contributed by atoms with Crippen LogP contribution in [0.15, 0.2) is 0 Å².